The van der Waals surface area contributed by atoms with Crippen LogP contribution in [0, 0.1) is 0 Å². The zero-order valence-electron chi connectivity index (χ0n) is 12.0. The number of esters is 1. The molecule has 1 amide bonds. The lowest BCUT2D eigenvalue weighted by Gasteiger charge is -2.05. The normalized spacial score (nSPS) is 10.2. The molecule has 0 bridgehead atoms. The van der Waals surface area contributed by atoms with Crippen molar-refractivity contribution in [1.82, 2.24) is 5.32 Å². The summed E-state index contributed by atoms with van der Waals surface area (Å²) in [6, 6.07) is 0. The van der Waals surface area contributed by atoms with Gasteiger partial charge in [0.05, 0.1) is 12.3 Å². The topological polar surface area (TPSA) is 93.5 Å². The predicted molar refractivity (Wildman–Crippen MR) is 81.5 cm³/mol. The van der Waals surface area contributed by atoms with Gasteiger partial charge in [0.25, 0.3) is 5.91 Å². The van der Waals surface area contributed by atoms with Gasteiger partial charge in [-0.15, -0.1) is 11.3 Å². The quantitative estimate of drug-likeness (QED) is 0.670. The van der Waals surface area contributed by atoms with E-state index in [2.05, 4.69) is 10.6 Å². The summed E-state index contributed by atoms with van der Waals surface area (Å²) in [5, 5.41) is 6.37. The highest BCUT2D eigenvalue weighted by molar-refractivity contribution is 7.19. The van der Waals surface area contributed by atoms with Gasteiger partial charge in [0, 0.05) is 13.1 Å². The first kappa shape index (κ1) is 16.3. The molecule has 1 aromatic rings. The third-order valence-corrected chi connectivity index (χ3v) is 3.67. The van der Waals surface area contributed by atoms with Crippen molar-refractivity contribution in [2.75, 3.05) is 30.7 Å². The van der Waals surface area contributed by atoms with Gasteiger partial charge in [-0.2, -0.15) is 0 Å². The summed E-state index contributed by atoms with van der Waals surface area (Å²) in [7, 11) is 0. The highest BCUT2D eigenvalue weighted by Crippen LogP contribution is 2.36. The molecule has 20 heavy (non-hydrogen) atoms. The van der Waals surface area contributed by atoms with Crippen LogP contribution in [-0.4, -0.2) is 31.6 Å². The third-order valence-electron chi connectivity index (χ3n) is 2.50. The van der Waals surface area contributed by atoms with E-state index in [4.69, 9.17) is 10.5 Å². The van der Waals surface area contributed by atoms with Gasteiger partial charge in [0.2, 0.25) is 0 Å². The van der Waals surface area contributed by atoms with Gasteiger partial charge >= 0.3 is 5.97 Å². The SMILES string of the molecule is CCCNC(=O)c1sc(NCC)c(C(=O)OCC)c1N. The van der Waals surface area contributed by atoms with Crippen molar-refractivity contribution in [3.8, 4) is 0 Å². The Balaban J connectivity index is 3.12. The van der Waals surface area contributed by atoms with Crippen LogP contribution in [0.25, 0.3) is 0 Å². The van der Waals surface area contributed by atoms with Crippen LogP contribution < -0.4 is 16.4 Å². The Labute approximate surface area is 122 Å². The van der Waals surface area contributed by atoms with Crippen molar-refractivity contribution in [3.63, 3.8) is 0 Å². The number of rotatable bonds is 7. The number of amides is 1. The highest BCUT2D eigenvalue weighted by atomic mass is 32.1. The molecule has 1 heterocycles. The standard InChI is InChI=1S/C13H21N3O3S/c1-4-7-16-11(17)10-9(14)8(13(18)19-6-3)12(20-10)15-5-2/h15H,4-7,14H2,1-3H3,(H,16,17). The molecule has 0 aromatic carbocycles. The number of anilines is 2. The number of carbonyl (C=O) groups excluding carboxylic acids is 2. The lowest BCUT2D eigenvalue weighted by Crippen LogP contribution is -2.24. The van der Waals surface area contributed by atoms with E-state index in [9.17, 15) is 9.59 Å². The largest absolute Gasteiger partial charge is 0.462 e. The van der Waals surface area contributed by atoms with Gasteiger partial charge in [-0.25, -0.2) is 4.79 Å². The van der Waals surface area contributed by atoms with E-state index in [0.29, 0.717) is 23.0 Å². The van der Waals surface area contributed by atoms with Gasteiger partial charge in [0.15, 0.2) is 0 Å². The van der Waals surface area contributed by atoms with Crippen molar-refractivity contribution in [2.45, 2.75) is 27.2 Å². The summed E-state index contributed by atoms with van der Waals surface area (Å²) in [5.74, 6) is -0.768. The van der Waals surface area contributed by atoms with E-state index >= 15 is 0 Å². The van der Waals surface area contributed by atoms with Crippen molar-refractivity contribution in [2.24, 2.45) is 0 Å². The van der Waals surface area contributed by atoms with Gasteiger partial charge in [-0.05, 0) is 20.3 Å². The van der Waals surface area contributed by atoms with E-state index < -0.39 is 5.97 Å². The molecule has 7 heteroatoms. The van der Waals surface area contributed by atoms with Gasteiger partial charge < -0.3 is 21.1 Å². The lowest BCUT2D eigenvalue weighted by atomic mass is 10.2. The molecule has 1 rings (SSSR count). The molecule has 0 spiro atoms. The first-order valence-electron chi connectivity index (χ1n) is 6.68. The van der Waals surface area contributed by atoms with E-state index in [0.717, 1.165) is 6.42 Å². The lowest BCUT2D eigenvalue weighted by molar-refractivity contribution is 0.0529. The summed E-state index contributed by atoms with van der Waals surface area (Å²) in [5.41, 5.74) is 6.38. The number of nitrogen functional groups attached to an aromatic ring is 1. The Bertz CT molecular complexity index is 485. The Hall–Kier alpha value is -1.76. The van der Waals surface area contributed by atoms with Crippen LogP contribution in [0.15, 0.2) is 0 Å². The number of hydrogen-bond donors (Lipinski definition) is 3. The first-order chi connectivity index (χ1) is 9.56. The molecule has 6 nitrogen and oxygen atoms in total. The van der Waals surface area contributed by atoms with Crippen LogP contribution in [-0.2, 0) is 4.74 Å². The molecule has 0 saturated heterocycles. The fourth-order valence-corrected chi connectivity index (χ4v) is 2.72. The Morgan fingerprint density at radius 2 is 2.00 bits per heavy atom. The monoisotopic (exact) mass is 299 g/mol. The number of carbonyl (C=O) groups is 2. The molecule has 0 saturated carbocycles. The minimum absolute atomic E-state index is 0.179. The molecule has 4 N–H and O–H groups in total. The zero-order chi connectivity index (χ0) is 15.1. The maximum Gasteiger partial charge on any atom is 0.343 e. The van der Waals surface area contributed by atoms with Gasteiger partial charge in [0.1, 0.15) is 15.4 Å². The molecule has 1 aromatic heterocycles. The summed E-state index contributed by atoms with van der Waals surface area (Å²) in [6.45, 7) is 7.05. The molecule has 112 valence electrons. The first-order valence-corrected chi connectivity index (χ1v) is 7.49. The van der Waals surface area contributed by atoms with Crippen LogP contribution >= 0.6 is 11.3 Å². The van der Waals surface area contributed by atoms with Crippen molar-refractivity contribution >= 4 is 33.9 Å². The number of nitrogens with two attached hydrogens (primary N) is 1. The summed E-state index contributed by atoms with van der Waals surface area (Å²) in [6.07, 6.45) is 0.835. The average molecular weight is 299 g/mol. The zero-order valence-corrected chi connectivity index (χ0v) is 12.9. The second-order valence-electron chi connectivity index (χ2n) is 4.06. The maximum atomic E-state index is 12.0. The van der Waals surface area contributed by atoms with Gasteiger partial charge in [-0.3, -0.25) is 4.79 Å². The molecular formula is C13H21N3O3S. The maximum absolute atomic E-state index is 12.0. The van der Waals surface area contributed by atoms with Crippen molar-refractivity contribution < 1.29 is 14.3 Å². The number of thiophene rings is 1. The second-order valence-corrected chi connectivity index (χ2v) is 5.08. The predicted octanol–water partition coefficient (Wildman–Crippen LogP) is 2.08. The third kappa shape index (κ3) is 3.63. The molecular weight excluding hydrogens is 278 g/mol. The fourth-order valence-electron chi connectivity index (χ4n) is 1.62. The Morgan fingerprint density at radius 3 is 2.55 bits per heavy atom. The van der Waals surface area contributed by atoms with Crippen molar-refractivity contribution in [1.29, 1.82) is 0 Å². The second kappa shape index (κ2) is 7.74. The van der Waals surface area contributed by atoms with Gasteiger partial charge in [-0.1, -0.05) is 6.92 Å². The van der Waals surface area contributed by atoms with E-state index in [1.165, 1.54) is 11.3 Å². The van der Waals surface area contributed by atoms with E-state index in [1.807, 2.05) is 13.8 Å². The molecule has 0 fully saturated rings. The molecule has 0 aliphatic heterocycles. The minimum Gasteiger partial charge on any atom is -0.462 e. The van der Waals surface area contributed by atoms with Crippen LogP contribution in [0.2, 0.25) is 0 Å². The summed E-state index contributed by atoms with van der Waals surface area (Å²) >= 11 is 1.17. The highest BCUT2D eigenvalue weighted by Gasteiger charge is 2.26. The fraction of sp³-hybridized carbons (Fsp3) is 0.538. The average Bonchev–Trinajstić information content (AvgIpc) is 2.74. The van der Waals surface area contributed by atoms with E-state index in [1.54, 1.807) is 6.92 Å². The van der Waals surface area contributed by atoms with Crippen LogP contribution in [0.1, 0.15) is 47.2 Å². The Morgan fingerprint density at radius 1 is 1.30 bits per heavy atom. The number of ether oxygens (including phenoxy) is 1. The van der Waals surface area contributed by atoms with Crippen LogP contribution in [0.4, 0.5) is 10.7 Å². The molecule has 0 atom stereocenters. The minimum atomic E-state index is -0.508. The summed E-state index contributed by atoms with van der Waals surface area (Å²) < 4.78 is 4.99. The molecule has 0 aliphatic rings. The van der Waals surface area contributed by atoms with Crippen LogP contribution in [0.5, 0.6) is 0 Å². The van der Waals surface area contributed by atoms with E-state index in [-0.39, 0.29) is 23.8 Å². The Kier molecular flexibility index (Phi) is 6.30. The molecule has 0 aliphatic carbocycles. The molecule has 0 radical (unpaired) electrons. The summed E-state index contributed by atoms with van der Waals surface area (Å²) in [4.78, 5) is 24.3. The number of nitrogens with one attached hydrogen (secondary N) is 2. The smallest absolute Gasteiger partial charge is 0.343 e. The number of hydrogen-bond acceptors (Lipinski definition) is 6. The molecule has 0 unspecified atom stereocenters. The van der Waals surface area contributed by atoms with Crippen molar-refractivity contribution in [3.05, 3.63) is 10.4 Å². The van der Waals surface area contributed by atoms with Crippen LogP contribution in [0.3, 0.4) is 0 Å².